The fourth-order valence-corrected chi connectivity index (χ4v) is 3.21. The lowest BCUT2D eigenvalue weighted by molar-refractivity contribution is -0.115. The molecule has 1 aliphatic heterocycles. The lowest BCUT2D eigenvalue weighted by Gasteiger charge is -2.07. The van der Waals surface area contributed by atoms with Crippen LogP contribution in [-0.4, -0.2) is 25.3 Å². The highest BCUT2D eigenvalue weighted by atomic mass is 32.2. The number of benzene rings is 2. The molecule has 0 bridgehead atoms. The minimum Gasteiger partial charge on any atom is -0.497 e. The summed E-state index contributed by atoms with van der Waals surface area (Å²) in [6.07, 6.45) is 1.79. The maximum absolute atomic E-state index is 12.2. The van der Waals surface area contributed by atoms with E-state index in [9.17, 15) is 4.79 Å². The molecule has 1 fully saturated rings. The number of carbonyl (C=O) groups excluding carboxylic acids is 1. The highest BCUT2D eigenvalue weighted by Crippen LogP contribution is 2.32. The van der Waals surface area contributed by atoms with E-state index in [1.165, 1.54) is 11.8 Å². The first kappa shape index (κ1) is 17.1. The predicted octanol–water partition coefficient (Wildman–Crippen LogP) is 3.90. The number of ether oxygens (including phenoxy) is 2. The molecule has 1 saturated heterocycles. The number of aryl methyl sites for hydroxylation is 1. The number of rotatable bonds is 4. The van der Waals surface area contributed by atoms with Gasteiger partial charge in [-0.15, -0.1) is 0 Å². The van der Waals surface area contributed by atoms with Gasteiger partial charge in [0.05, 0.1) is 24.8 Å². The van der Waals surface area contributed by atoms with Crippen molar-refractivity contribution >= 4 is 34.6 Å². The molecule has 2 aromatic rings. The summed E-state index contributed by atoms with van der Waals surface area (Å²) in [5.41, 5.74) is 2.73. The first-order chi connectivity index (χ1) is 12.1. The molecule has 0 aromatic heterocycles. The molecule has 2 aromatic carbocycles. The lowest BCUT2D eigenvalue weighted by atomic mass is 10.1. The summed E-state index contributed by atoms with van der Waals surface area (Å²) in [6.45, 7) is 2.01. The second-order valence-electron chi connectivity index (χ2n) is 5.43. The largest absolute Gasteiger partial charge is 0.497 e. The first-order valence-electron chi connectivity index (χ1n) is 7.67. The molecule has 1 N–H and O–H groups in total. The molecule has 0 spiro atoms. The van der Waals surface area contributed by atoms with Crippen molar-refractivity contribution in [3.63, 3.8) is 0 Å². The Morgan fingerprint density at radius 2 is 1.96 bits per heavy atom. The van der Waals surface area contributed by atoms with E-state index in [1.54, 1.807) is 26.4 Å². The Balaban J connectivity index is 1.87. The zero-order valence-corrected chi connectivity index (χ0v) is 15.0. The highest BCUT2D eigenvalue weighted by molar-refractivity contribution is 8.18. The predicted molar refractivity (Wildman–Crippen MR) is 102 cm³/mol. The second kappa shape index (κ2) is 7.44. The molecular formula is C19H18N2O3S. The maximum Gasteiger partial charge on any atom is 0.264 e. The number of nitrogens with one attached hydrogen (secondary N) is 1. The third kappa shape index (κ3) is 4.03. The molecule has 0 aliphatic carbocycles. The minimum atomic E-state index is -0.172. The zero-order valence-electron chi connectivity index (χ0n) is 14.2. The van der Waals surface area contributed by atoms with Crippen LogP contribution < -0.4 is 14.8 Å². The van der Waals surface area contributed by atoms with Crippen LogP contribution in [0.25, 0.3) is 6.08 Å². The molecular weight excluding hydrogens is 336 g/mol. The van der Waals surface area contributed by atoms with Crippen molar-refractivity contribution in [2.75, 3.05) is 14.2 Å². The number of thioether (sulfide) groups is 1. The van der Waals surface area contributed by atoms with Gasteiger partial charge in [-0.3, -0.25) is 4.79 Å². The molecule has 0 radical (unpaired) electrons. The SMILES string of the molecule is COc1ccc(C=C2SC(=Nc3cccc(C)c3)NC2=O)c(OC)c1. The van der Waals surface area contributed by atoms with E-state index < -0.39 is 0 Å². The van der Waals surface area contributed by atoms with Crippen LogP contribution in [-0.2, 0) is 4.79 Å². The lowest BCUT2D eigenvalue weighted by Crippen LogP contribution is -2.19. The summed E-state index contributed by atoms with van der Waals surface area (Å²) in [4.78, 5) is 17.3. The van der Waals surface area contributed by atoms with Gasteiger partial charge in [0, 0.05) is 11.6 Å². The summed E-state index contributed by atoms with van der Waals surface area (Å²) in [6, 6.07) is 13.3. The Morgan fingerprint density at radius 3 is 2.68 bits per heavy atom. The van der Waals surface area contributed by atoms with Crippen molar-refractivity contribution in [1.29, 1.82) is 0 Å². The van der Waals surface area contributed by atoms with Crippen LogP contribution in [0.2, 0.25) is 0 Å². The smallest absolute Gasteiger partial charge is 0.264 e. The van der Waals surface area contributed by atoms with Crippen molar-refractivity contribution in [3.05, 3.63) is 58.5 Å². The molecule has 5 nitrogen and oxygen atoms in total. The molecule has 1 aliphatic rings. The van der Waals surface area contributed by atoms with Crippen LogP contribution >= 0.6 is 11.8 Å². The Morgan fingerprint density at radius 1 is 1.12 bits per heavy atom. The number of hydrogen-bond donors (Lipinski definition) is 1. The van der Waals surface area contributed by atoms with Crippen LogP contribution in [0.1, 0.15) is 11.1 Å². The monoisotopic (exact) mass is 354 g/mol. The van der Waals surface area contributed by atoms with Gasteiger partial charge in [0.1, 0.15) is 11.5 Å². The first-order valence-corrected chi connectivity index (χ1v) is 8.49. The molecule has 25 heavy (non-hydrogen) atoms. The number of carbonyl (C=O) groups is 1. The fourth-order valence-electron chi connectivity index (χ4n) is 2.37. The highest BCUT2D eigenvalue weighted by Gasteiger charge is 2.24. The van der Waals surface area contributed by atoms with Crippen LogP contribution in [0.15, 0.2) is 52.4 Å². The van der Waals surface area contributed by atoms with Gasteiger partial charge in [0.2, 0.25) is 0 Å². The summed E-state index contributed by atoms with van der Waals surface area (Å²) >= 11 is 1.31. The van der Waals surface area contributed by atoms with Crippen molar-refractivity contribution in [2.45, 2.75) is 6.92 Å². The molecule has 3 rings (SSSR count). The van der Waals surface area contributed by atoms with Crippen LogP contribution in [0.4, 0.5) is 5.69 Å². The molecule has 0 saturated carbocycles. The third-order valence-electron chi connectivity index (χ3n) is 3.61. The number of amidine groups is 1. The quantitative estimate of drug-likeness (QED) is 0.846. The standard InChI is InChI=1S/C19H18N2O3S/c1-12-5-4-6-14(9-12)20-19-21-18(22)17(25-19)10-13-7-8-15(23-2)11-16(13)24-3/h4-11H,1-3H3,(H,20,21,22). The van der Waals surface area contributed by atoms with Gasteiger partial charge in [-0.1, -0.05) is 12.1 Å². The van der Waals surface area contributed by atoms with Crippen LogP contribution in [0.5, 0.6) is 11.5 Å². The minimum absolute atomic E-state index is 0.172. The van der Waals surface area contributed by atoms with Gasteiger partial charge in [0.25, 0.3) is 5.91 Å². The Bertz CT molecular complexity index is 875. The Hall–Kier alpha value is -2.73. The summed E-state index contributed by atoms with van der Waals surface area (Å²) in [5, 5.41) is 3.36. The molecule has 0 unspecified atom stereocenters. The van der Waals surface area contributed by atoms with Crippen molar-refractivity contribution in [3.8, 4) is 11.5 Å². The molecule has 1 amide bonds. The maximum atomic E-state index is 12.2. The van der Waals surface area contributed by atoms with Gasteiger partial charge in [-0.2, -0.15) is 0 Å². The summed E-state index contributed by atoms with van der Waals surface area (Å²) in [7, 11) is 3.19. The van der Waals surface area contributed by atoms with E-state index in [4.69, 9.17) is 9.47 Å². The number of amides is 1. The summed E-state index contributed by atoms with van der Waals surface area (Å²) < 4.78 is 10.6. The summed E-state index contributed by atoms with van der Waals surface area (Å²) in [5.74, 6) is 1.17. The van der Waals surface area contributed by atoms with E-state index in [0.29, 0.717) is 21.6 Å². The Labute approximate surface area is 150 Å². The molecule has 0 atom stereocenters. The van der Waals surface area contributed by atoms with E-state index in [1.807, 2.05) is 43.3 Å². The normalized spacial score (nSPS) is 17.0. The molecule has 1 heterocycles. The van der Waals surface area contributed by atoms with Gasteiger partial charge in [0.15, 0.2) is 5.17 Å². The van der Waals surface area contributed by atoms with Crippen molar-refractivity contribution in [1.82, 2.24) is 5.32 Å². The number of hydrogen-bond acceptors (Lipinski definition) is 5. The number of aliphatic imine (C=N–C) groups is 1. The van der Waals surface area contributed by atoms with E-state index in [-0.39, 0.29) is 5.91 Å². The number of methoxy groups -OCH3 is 2. The number of nitrogens with zero attached hydrogens (tertiary/aromatic N) is 1. The van der Waals surface area contributed by atoms with Crippen LogP contribution in [0, 0.1) is 6.92 Å². The van der Waals surface area contributed by atoms with Crippen molar-refractivity contribution < 1.29 is 14.3 Å². The average molecular weight is 354 g/mol. The fraction of sp³-hybridized carbons (Fsp3) is 0.158. The van der Waals surface area contributed by atoms with E-state index >= 15 is 0 Å². The third-order valence-corrected chi connectivity index (χ3v) is 4.52. The average Bonchev–Trinajstić information content (AvgIpc) is 2.94. The van der Waals surface area contributed by atoms with Gasteiger partial charge < -0.3 is 14.8 Å². The zero-order chi connectivity index (χ0) is 17.8. The van der Waals surface area contributed by atoms with Crippen LogP contribution in [0.3, 0.4) is 0 Å². The van der Waals surface area contributed by atoms with Gasteiger partial charge >= 0.3 is 0 Å². The van der Waals surface area contributed by atoms with Gasteiger partial charge in [-0.25, -0.2) is 4.99 Å². The molecule has 6 heteroatoms. The topological polar surface area (TPSA) is 59.9 Å². The second-order valence-corrected chi connectivity index (χ2v) is 6.46. The van der Waals surface area contributed by atoms with E-state index in [2.05, 4.69) is 10.3 Å². The molecule has 128 valence electrons. The van der Waals surface area contributed by atoms with Crippen molar-refractivity contribution in [2.24, 2.45) is 4.99 Å². The Kier molecular flexibility index (Phi) is 5.09. The van der Waals surface area contributed by atoms with Gasteiger partial charge in [-0.05, 0) is 54.6 Å². The van der Waals surface area contributed by atoms with E-state index in [0.717, 1.165) is 16.8 Å².